The molecule has 9 nitrogen and oxygen atoms in total. The molecule has 186 valence electrons. The molecular weight excluding hydrogens is 450 g/mol. The van der Waals surface area contributed by atoms with Crippen LogP contribution in [0.3, 0.4) is 0 Å². The molecule has 3 N–H and O–H groups in total. The Kier molecular flexibility index (Phi) is 7.62. The number of ether oxygens (including phenoxy) is 2. The molecule has 4 rings (SSSR count). The van der Waals surface area contributed by atoms with Gasteiger partial charge in [-0.05, 0) is 43.7 Å². The molecule has 0 radical (unpaired) electrons. The summed E-state index contributed by atoms with van der Waals surface area (Å²) < 4.78 is 35.9. The van der Waals surface area contributed by atoms with Crippen LogP contribution in [-0.4, -0.2) is 67.6 Å². The van der Waals surface area contributed by atoms with E-state index < -0.39 is 24.5 Å². The number of benzene rings is 1. The zero-order valence-corrected chi connectivity index (χ0v) is 18.9. The van der Waals surface area contributed by atoms with E-state index in [1.807, 2.05) is 4.90 Å². The number of primary amides is 1. The molecule has 1 aliphatic heterocycles. The Bertz CT molecular complexity index is 923. The molecule has 0 spiro atoms. The Morgan fingerprint density at radius 2 is 1.97 bits per heavy atom. The number of nitrogens with zero attached hydrogens (tertiary/aromatic N) is 2. The number of hydrogen-bond donors (Lipinski definition) is 2. The Labute approximate surface area is 196 Å². The topological polar surface area (TPSA) is 114 Å². The second-order valence-corrected chi connectivity index (χ2v) is 9.03. The maximum Gasteiger partial charge on any atom is 0.387 e. The summed E-state index contributed by atoms with van der Waals surface area (Å²) in [7, 11) is 0. The van der Waals surface area contributed by atoms with E-state index in [2.05, 4.69) is 10.1 Å². The van der Waals surface area contributed by atoms with Crippen LogP contribution in [0.1, 0.15) is 38.5 Å². The Hall–Kier alpha value is -2.79. The Morgan fingerprint density at radius 3 is 2.53 bits per heavy atom. The Morgan fingerprint density at radius 1 is 1.24 bits per heavy atom. The predicted octanol–water partition coefficient (Wildman–Crippen LogP) is 2.10. The molecule has 1 heterocycles. The molecular formula is C23H30F2N4O5. The van der Waals surface area contributed by atoms with Crippen molar-refractivity contribution in [2.75, 3.05) is 36.5 Å². The normalized spacial score (nSPS) is 20.1. The average molecular weight is 481 g/mol. The van der Waals surface area contributed by atoms with Gasteiger partial charge >= 0.3 is 6.61 Å². The molecule has 1 saturated heterocycles. The maximum atomic E-state index is 13.2. The second kappa shape index (κ2) is 10.6. The van der Waals surface area contributed by atoms with Gasteiger partial charge in [0.25, 0.3) is 11.8 Å². The highest BCUT2D eigenvalue weighted by atomic mass is 19.3. The number of rotatable bonds is 10. The maximum absolute atomic E-state index is 13.2. The number of nitrogens with one attached hydrogen (secondary N) is 1. The van der Waals surface area contributed by atoms with Crippen molar-refractivity contribution in [1.82, 2.24) is 4.90 Å². The highest BCUT2D eigenvalue weighted by molar-refractivity contribution is 6.10. The van der Waals surface area contributed by atoms with E-state index in [1.54, 1.807) is 0 Å². The summed E-state index contributed by atoms with van der Waals surface area (Å²) in [6.45, 7) is -2.22. The zero-order chi connectivity index (χ0) is 24.2. The van der Waals surface area contributed by atoms with E-state index in [1.165, 1.54) is 23.1 Å². The number of anilines is 2. The molecule has 11 heteroatoms. The first kappa shape index (κ1) is 24.3. The van der Waals surface area contributed by atoms with Gasteiger partial charge in [0.05, 0.1) is 12.3 Å². The van der Waals surface area contributed by atoms with Gasteiger partial charge in [-0.15, -0.1) is 0 Å². The molecule has 0 unspecified atom stereocenters. The lowest BCUT2D eigenvalue weighted by Crippen LogP contribution is -2.58. The third-order valence-corrected chi connectivity index (χ3v) is 6.81. The number of halogens is 2. The minimum absolute atomic E-state index is 0.122. The SMILES string of the molecule is NC(=O)[C@H](C(=O)Nc1ccc(N2CCOCC2=O)c(OC(F)F)c1)N(CC1CCC1)C1CCC1. The molecule has 0 aromatic heterocycles. The highest BCUT2D eigenvalue weighted by Gasteiger charge is 2.40. The van der Waals surface area contributed by atoms with E-state index >= 15 is 0 Å². The molecule has 34 heavy (non-hydrogen) atoms. The fraction of sp³-hybridized carbons (Fsp3) is 0.609. The van der Waals surface area contributed by atoms with Crippen LogP contribution in [0.15, 0.2) is 18.2 Å². The van der Waals surface area contributed by atoms with Gasteiger partial charge in [0, 0.05) is 30.9 Å². The van der Waals surface area contributed by atoms with Gasteiger partial charge in [-0.3, -0.25) is 19.3 Å². The van der Waals surface area contributed by atoms with E-state index in [0.717, 1.165) is 38.5 Å². The number of carbonyl (C=O) groups is 3. The molecule has 1 aromatic rings. The van der Waals surface area contributed by atoms with Gasteiger partial charge < -0.3 is 25.4 Å². The molecule has 2 saturated carbocycles. The fourth-order valence-electron chi connectivity index (χ4n) is 4.59. The molecule has 1 atom stereocenters. The standard InChI is InChI=1S/C23H30F2N4O5/c24-23(25)34-18-11-15(7-8-17(18)28-9-10-33-13-19(28)30)27-22(32)20(21(26)31)29(16-5-2-6-16)12-14-3-1-4-14/h7-8,11,14,16,20,23H,1-6,9-10,12-13H2,(H2,26,31)(H,27,32)/t20-/m1/s1. The van der Waals surface area contributed by atoms with Gasteiger partial charge in [-0.2, -0.15) is 8.78 Å². The predicted molar refractivity (Wildman–Crippen MR) is 120 cm³/mol. The van der Waals surface area contributed by atoms with Crippen molar-refractivity contribution in [2.24, 2.45) is 11.7 Å². The molecule has 3 aliphatic rings. The van der Waals surface area contributed by atoms with E-state index in [-0.39, 0.29) is 48.8 Å². The number of hydrogen-bond acceptors (Lipinski definition) is 6. The van der Waals surface area contributed by atoms with Crippen LogP contribution in [0.25, 0.3) is 0 Å². The van der Waals surface area contributed by atoms with Crippen LogP contribution in [-0.2, 0) is 19.1 Å². The first-order valence-corrected chi connectivity index (χ1v) is 11.7. The van der Waals surface area contributed by atoms with Gasteiger partial charge in [-0.1, -0.05) is 12.8 Å². The van der Waals surface area contributed by atoms with Crippen LogP contribution in [0.4, 0.5) is 20.2 Å². The number of carbonyl (C=O) groups excluding carboxylic acids is 3. The van der Waals surface area contributed by atoms with Crippen molar-refractivity contribution < 1.29 is 32.6 Å². The van der Waals surface area contributed by atoms with Crippen LogP contribution < -0.4 is 20.7 Å². The van der Waals surface area contributed by atoms with Crippen molar-refractivity contribution in [3.05, 3.63) is 18.2 Å². The second-order valence-electron chi connectivity index (χ2n) is 9.03. The Balaban J connectivity index is 1.54. The van der Waals surface area contributed by atoms with Gasteiger partial charge in [0.2, 0.25) is 5.91 Å². The third kappa shape index (κ3) is 5.47. The highest BCUT2D eigenvalue weighted by Crippen LogP contribution is 2.35. The molecule has 0 bridgehead atoms. The van der Waals surface area contributed by atoms with Crippen LogP contribution >= 0.6 is 0 Å². The van der Waals surface area contributed by atoms with Gasteiger partial charge in [0.1, 0.15) is 6.61 Å². The fourth-order valence-corrected chi connectivity index (χ4v) is 4.59. The number of morpholine rings is 1. The van der Waals surface area contributed by atoms with Crippen LogP contribution in [0, 0.1) is 5.92 Å². The summed E-state index contributed by atoms with van der Waals surface area (Å²) in [5, 5.41) is 2.64. The van der Waals surface area contributed by atoms with Crippen molar-refractivity contribution in [2.45, 2.75) is 57.2 Å². The first-order valence-electron chi connectivity index (χ1n) is 11.7. The summed E-state index contributed by atoms with van der Waals surface area (Å²) >= 11 is 0. The van der Waals surface area contributed by atoms with Crippen LogP contribution in [0.2, 0.25) is 0 Å². The number of amides is 3. The van der Waals surface area contributed by atoms with Crippen molar-refractivity contribution in [3.63, 3.8) is 0 Å². The van der Waals surface area contributed by atoms with E-state index in [0.29, 0.717) is 12.5 Å². The summed E-state index contributed by atoms with van der Waals surface area (Å²) in [6.07, 6.45) is 6.10. The zero-order valence-electron chi connectivity index (χ0n) is 18.9. The van der Waals surface area contributed by atoms with Crippen molar-refractivity contribution in [1.29, 1.82) is 0 Å². The lowest BCUT2D eigenvalue weighted by molar-refractivity contribution is -0.135. The minimum Gasteiger partial charge on any atom is -0.433 e. The smallest absolute Gasteiger partial charge is 0.387 e. The number of alkyl halides is 2. The van der Waals surface area contributed by atoms with E-state index in [9.17, 15) is 23.2 Å². The van der Waals surface area contributed by atoms with Crippen molar-refractivity contribution >= 4 is 29.1 Å². The lowest BCUT2D eigenvalue weighted by Gasteiger charge is -2.43. The minimum atomic E-state index is -3.13. The number of nitrogens with two attached hydrogens (primary N) is 1. The van der Waals surface area contributed by atoms with Gasteiger partial charge in [-0.25, -0.2) is 0 Å². The molecule has 3 fully saturated rings. The first-order chi connectivity index (χ1) is 16.3. The lowest BCUT2D eigenvalue weighted by atomic mass is 9.82. The quantitative estimate of drug-likeness (QED) is 0.496. The third-order valence-electron chi connectivity index (χ3n) is 6.81. The molecule has 1 aromatic carbocycles. The molecule has 2 aliphatic carbocycles. The van der Waals surface area contributed by atoms with Crippen LogP contribution in [0.5, 0.6) is 5.75 Å². The summed E-state index contributed by atoms with van der Waals surface area (Å²) in [5.41, 5.74) is 5.97. The molecule has 3 amide bonds. The van der Waals surface area contributed by atoms with Crippen molar-refractivity contribution in [3.8, 4) is 5.75 Å². The largest absolute Gasteiger partial charge is 0.433 e. The van der Waals surface area contributed by atoms with E-state index in [4.69, 9.17) is 10.5 Å². The summed E-state index contributed by atoms with van der Waals surface area (Å²) in [6, 6.07) is 3.08. The summed E-state index contributed by atoms with van der Waals surface area (Å²) in [4.78, 5) is 40.9. The summed E-state index contributed by atoms with van der Waals surface area (Å²) in [5.74, 6) is -1.57. The van der Waals surface area contributed by atoms with Gasteiger partial charge in [0.15, 0.2) is 11.8 Å². The average Bonchev–Trinajstić information content (AvgIpc) is 2.69. The monoisotopic (exact) mass is 480 g/mol.